The number of ketones is 1. The second-order valence-corrected chi connectivity index (χ2v) is 3.81. The van der Waals surface area contributed by atoms with Gasteiger partial charge in [0.15, 0.2) is 17.3 Å². The van der Waals surface area contributed by atoms with Crippen molar-refractivity contribution in [1.82, 2.24) is 0 Å². The Labute approximate surface area is 88.7 Å². The normalized spacial score (nSPS) is 19.5. The van der Waals surface area contributed by atoms with E-state index < -0.39 is 0 Å². The third-order valence-corrected chi connectivity index (χ3v) is 2.60. The molecule has 0 aliphatic carbocycles. The standard InChI is InChI=1S/C12H14O3/c1-2-4-8-7-11(14)9-5-3-6-10(13)12(9)15-8/h3,5-6,8,13H,2,4,7H2,1H3. The fourth-order valence-corrected chi connectivity index (χ4v) is 1.88. The summed E-state index contributed by atoms with van der Waals surface area (Å²) in [5, 5.41) is 9.58. The van der Waals surface area contributed by atoms with E-state index in [0.29, 0.717) is 17.7 Å². The van der Waals surface area contributed by atoms with Crippen molar-refractivity contribution < 1.29 is 14.6 Å². The molecule has 0 bridgehead atoms. The van der Waals surface area contributed by atoms with Crippen molar-refractivity contribution in [1.29, 1.82) is 0 Å². The Bertz CT molecular complexity index is 384. The van der Waals surface area contributed by atoms with E-state index >= 15 is 0 Å². The van der Waals surface area contributed by atoms with Crippen molar-refractivity contribution in [3.05, 3.63) is 23.8 Å². The molecule has 2 rings (SSSR count). The minimum absolute atomic E-state index is 0.0571. The molecule has 3 nitrogen and oxygen atoms in total. The minimum Gasteiger partial charge on any atom is -0.504 e. The molecule has 80 valence electrons. The Morgan fingerprint density at radius 1 is 1.53 bits per heavy atom. The number of Topliss-reactive ketones (excluding diaryl/α,β-unsaturated/α-hetero) is 1. The van der Waals surface area contributed by atoms with Crippen molar-refractivity contribution in [3.63, 3.8) is 0 Å². The molecule has 1 N–H and O–H groups in total. The fraction of sp³-hybridized carbons (Fsp3) is 0.417. The van der Waals surface area contributed by atoms with Gasteiger partial charge in [0.25, 0.3) is 0 Å². The average Bonchev–Trinajstić information content (AvgIpc) is 2.20. The third-order valence-electron chi connectivity index (χ3n) is 2.60. The molecule has 0 spiro atoms. The average molecular weight is 206 g/mol. The van der Waals surface area contributed by atoms with E-state index in [4.69, 9.17) is 4.74 Å². The van der Waals surface area contributed by atoms with E-state index in [9.17, 15) is 9.90 Å². The van der Waals surface area contributed by atoms with Crippen molar-refractivity contribution >= 4 is 5.78 Å². The highest BCUT2D eigenvalue weighted by atomic mass is 16.5. The lowest BCUT2D eigenvalue weighted by Gasteiger charge is -2.25. The number of phenolic OH excluding ortho intramolecular Hbond substituents is 1. The molecular weight excluding hydrogens is 192 g/mol. The smallest absolute Gasteiger partial charge is 0.172 e. The van der Waals surface area contributed by atoms with Crippen LogP contribution in [-0.4, -0.2) is 17.0 Å². The van der Waals surface area contributed by atoms with Gasteiger partial charge in [0.1, 0.15) is 6.10 Å². The first-order valence-corrected chi connectivity index (χ1v) is 5.24. The van der Waals surface area contributed by atoms with E-state index in [1.165, 1.54) is 0 Å². The number of para-hydroxylation sites is 1. The molecule has 0 radical (unpaired) electrons. The second-order valence-electron chi connectivity index (χ2n) is 3.81. The van der Waals surface area contributed by atoms with Crippen LogP contribution < -0.4 is 4.74 Å². The van der Waals surface area contributed by atoms with E-state index in [2.05, 4.69) is 0 Å². The molecule has 1 aliphatic heterocycles. The lowest BCUT2D eigenvalue weighted by molar-refractivity contribution is 0.0830. The van der Waals surface area contributed by atoms with Crippen LogP contribution in [0, 0.1) is 0 Å². The van der Waals surface area contributed by atoms with E-state index in [0.717, 1.165) is 12.8 Å². The Hall–Kier alpha value is -1.51. The van der Waals surface area contributed by atoms with Gasteiger partial charge in [-0.25, -0.2) is 0 Å². The van der Waals surface area contributed by atoms with Crippen LogP contribution in [0.15, 0.2) is 18.2 Å². The van der Waals surface area contributed by atoms with Gasteiger partial charge in [-0.15, -0.1) is 0 Å². The first kappa shape index (κ1) is 10.0. The highest BCUT2D eigenvalue weighted by Crippen LogP contribution is 2.36. The molecule has 3 heteroatoms. The maximum absolute atomic E-state index is 11.7. The summed E-state index contributed by atoms with van der Waals surface area (Å²) >= 11 is 0. The quantitative estimate of drug-likeness (QED) is 0.808. The number of rotatable bonds is 2. The van der Waals surface area contributed by atoms with Gasteiger partial charge in [0.05, 0.1) is 5.56 Å². The number of carbonyl (C=O) groups excluding carboxylic acids is 1. The summed E-state index contributed by atoms with van der Waals surface area (Å²) in [4.78, 5) is 11.7. The van der Waals surface area contributed by atoms with Crippen LogP contribution >= 0.6 is 0 Å². The van der Waals surface area contributed by atoms with Crippen LogP contribution in [0.3, 0.4) is 0 Å². The van der Waals surface area contributed by atoms with E-state index in [-0.39, 0.29) is 17.6 Å². The van der Waals surface area contributed by atoms with Crippen molar-refractivity contribution in [3.8, 4) is 11.5 Å². The van der Waals surface area contributed by atoms with Gasteiger partial charge >= 0.3 is 0 Å². The van der Waals surface area contributed by atoms with Gasteiger partial charge in [-0.3, -0.25) is 4.79 Å². The zero-order valence-electron chi connectivity index (χ0n) is 8.69. The summed E-state index contributed by atoms with van der Waals surface area (Å²) in [6.07, 6.45) is 2.16. The molecule has 1 aromatic carbocycles. The molecule has 15 heavy (non-hydrogen) atoms. The number of benzene rings is 1. The third kappa shape index (κ3) is 1.82. The second kappa shape index (κ2) is 3.93. The molecule has 1 aliphatic rings. The van der Waals surface area contributed by atoms with Crippen LogP contribution in [0.1, 0.15) is 36.5 Å². The largest absolute Gasteiger partial charge is 0.504 e. The van der Waals surface area contributed by atoms with Crippen LogP contribution in [0.5, 0.6) is 11.5 Å². The summed E-state index contributed by atoms with van der Waals surface area (Å²) in [5.41, 5.74) is 0.502. The summed E-state index contributed by atoms with van der Waals surface area (Å²) in [5.74, 6) is 0.472. The monoisotopic (exact) mass is 206 g/mol. The lowest BCUT2D eigenvalue weighted by atomic mass is 9.98. The van der Waals surface area contributed by atoms with E-state index in [1.807, 2.05) is 6.92 Å². The highest BCUT2D eigenvalue weighted by Gasteiger charge is 2.27. The number of aromatic hydroxyl groups is 1. The first-order chi connectivity index (χ1) is 7.22. The fourth-order valence-electron chi connectivity index (χ4n) is 1.88. The van der Waals surface area contributed by atoms with Crippen LogP contribution in [0.2, 0.25) is 0 Å². The Morgan fingerprint density at radius 3 is 3.07 bits per heavy atom. The van der Waals surface area contributed by atoms with Crippen LogP contribution in [0.4, 0.5) is 0 Å². The molecule has 0 aromatic heterocycles. The van der Waals surface area contributed by atoms with Gasteiger partial charge in [-0.1, -0.05) is 19.4 Å². The molecule has 1 heterocycles. The van der Waals surface area contributed by atoms with Crippen molar-refractivity contribution in [2.24, 2.45) is 0 Å². The summed E-state index contributed by atoms with van der Waals surface area (Å²) in [6.45, 7) is 2.05. The number of phenols is 1. The maximum Gasteiger partial charge on any atom is 0.172 e. The number of carbonyl (C=O) groups is 1. The Balaban J connectivity index is 2.33. The molecule has 1 atom stereocenters. The number of ether oxygens (including phenoxy) is 1. The topological polar surface area (TPSA) is 46.5 Å². The van der Waals surface area contributed by atoms with Crippen molar-refractivity contribution in [2.75, 3.05) is 0 Å². The van der Waals surface area contributed by atoms with Gasteiger partial charge in [-0.2, -0.15) is 0 Å². The molecular formula is C12H14O3. The van der Waals surface area contributed by atoms with Crippen LogP contribution in [-0.2, 0) is 0 Å². The SMILES string of the molecule is CCCC1CC(=O)c2cccc(O)c2O1. The zero-order valence-corrected chi connectivity index (χ0v) is 8.69. The zero-order chi connectivity index (χ0) is 10.8. The Kier molecular flexibility index (Phi) is 2.62. The molecule has 0 saturated heterocycles. The highest BCUT2D eigenvalue weighted by molar-refractivity contribution is 6.00. The summed E-state index contributed by atoms with van der Waals surface area (Å²) < 4.78 is 5.60. The molecule has 1 unspecified atom stereocenters. The summed E-state index contributed by atoms with van der Waals surface area (Å²) in [7, 11) is 0. The number of fused-ring (bicyclic) bond motifs is 1. The number of hydrogen-bond donors (Lipinski definition) is 1. The van der Waals surface area contributed by atoms with E-state index in [1.54, 1.807) is 18.2 Å². The van der Waals surface area contributed by atoms with Crippen molar-refractivity contribution in [2.45, 2.75) is 32.3 Å². The molecule has 0 fully saturated rings. The predicted octanol–water partition coefficient (Wildman–Crippen LogP) is 2.53. The lowest BCUT2D eigenvalue weighted by Crippen LogP contribution is -2.26. The maximum atomic E-state index is 11.7. The van der Waals surface area contributed by atoms with Gasteiger partial charge < -0.3 is 9.84 Å². The van der Waals surface area contributed by atoms with Gasteiger partial charge in [0.2, 0.25) is 0 Å². The Morgan fingerprint density at radius 2 is 2.33 bits per heavy atom. The minimum atomic E-state index is -0.0803. The molecule has 0 saturated carbocycles. The van der Waals surface area contributed by atoms with Gasteiger partial charge in [0, 0.05) is 6.42 Å². The van der Waals surface area contributed by atoms with Gasteiger partial charge in [-0.05, 0) is 18.6 Å². The van der Waals surface area contributed by atoms with Crippen LogP contribution in [0.25, 0.3) is 0 Å². The first-order valence-electron chi connectivity index (χ1n) is 5.24. The molecule has 1 aromatic rings. The summed E-state index contributed by atoms with van der Waals surface area (Å²) in [6, 6.07) is 4.90. The number of hydrogen-bond acceptors (Lipinski definition) is 3. The molecule has 0 amide bonds. The predicted molar refractivity (Wildman–Crippen MR) is 56.4 cm³/mol.